The van der Waals surface area contributed by atoms with Crippen LogP contribution in [-0.2, 0) is 0 Å². The second-order valence-corrected chi connectivity index (χ2v) is 5.81. The predicted molar refractivity (Wildman–Crippen MR) is 69.4 cm³/mol. The van der Waals surface area contributed by atoms with Crippen molar-refractivity contribution in [2.45, 2.75) is 20.8 Å². The molecule has 0 atom stereocenters. The van der Waals surface area contributed by atoms with Crippen molar-refractivity contribution in [2.75, 3.05) is 18.0 Å². The molecule has 0 N–H and O–H groups in total. The first-order chi connectivity index (χ1) is 7.06. The maximum Gasteiger partial charge on any atom is 0.0380 e. The van der Waals surface area contributed by atoms with E-state index in [1.54, 1.807) is 0 Å². The summed E-state index contributed by atoms with van der Waals surface area (Å²) in [6.45, 7) is 9.21. The van der Waals surface area contributed by atoms with E-state index in [2.05, 4.69) is 59.8 Å². The zero-order valence-corrected chi connectivity index (χ0v) is 11.2. The van der Waals surface area contributed by atoms with Gasteiger partial charge in [-0.25, -0.2) is 0 Å². The van der Waals surface area contributed by atoms with Crippen LogP contribution in [-0.4, -0.2) is 13.1 Å². The molecular formula is C13H18BrN. The van der Waals surface area contributed by atoms with Crippen molar-refractivity contribution >= 4 is 21.6 Å². The highest BCUT2D eigenvalue weighted by atomic mass is 79.9. The fourth-order valence-electron chi connectivity index (χ4n) is 2.04. The first-order valence-corrected chi connectivity index (χ1v) is 6.37. The molecule has 1 fully saturated rings. The van der Waals surface area contributed by atoms with Gasteiger partial charge in [0.15, 0.2) is 0 Å². The van der Waals surface area contributed by atoms with Crippen molar-refractivity contribution in [3.63, 3.8) is 0 Å². The third kappa shape index (κ3) is 2.36. The largest absolute Gasteiger partial charge is 0.371 e. The SMILES string of the molecule is Cc1cc(Br)cc(N2CC(C(C)C)C2)c1. The Kier molecular flexibility index (Phi) is 3.06. The molecule has 0 bridgehead atoms. The number of anilines is 1. The smallest absolute Gasteiger partial charge is 0.0380 e. The van der Waals surface area contributed by atoms with Crippen LogP contribution in [0.5, 0.6) is 0 Å². The van der Waals surface area contributed by atoms with E-state index in [1.807, 2.05) is 0 Å². The van der Waals surface area contributed by atoms with Crippen molar-refractivity contribution in [2.24, 2.45) is 11.8 Å². The molecule has 1 nitrogen and oxygen atoms in total. The molecule has 1 aliphatic rings. The zero-order chi connectivity index (χ0) is 11.0. The molecule has 1 aromatic carbocycles. The minimum absolute atomic E-state index is 0.814. The normalized spacial score (nSPS) is 17.0. The molecule has 2 rings (SSSR count). The molecule has 1 aliphatic heterocycles. The van der Waals surface area contributed by atoms with Gasteiger partial charge in [-0.2, -0.15) is 0 Å². The molecule has 1 saturated heterocycles. The van der Waals surface area contributed by atoms with E-state index in [4.69, 9.17) is 0 Å². The summed E-state index contributed by atoms with van der Waals surface area (Å²) in [4.78, 5) is 2.46. The van der Waals surface area contributed by atoms with E-state index in [0.717, 1.165) is 11.8 Å². The van der Waals surface area contributed by atoms with E-state index < -0.39 is 0 Å². The van der Waals surface area contributed by atoms with Gasteiger partial charge in [-0.05, 0) is 42.5 Å². The standard InChI is InChI=1S/C13H18BrN/c1-9(2)11-7-15(8-11)13-5-10(3)4-12(14)6-13/h4-6,9,11H,7-8H2,1-3H3. The maximum atomic E-state index is 3.55. The van der Waals surface area contributed by atoms with Gasteiger partial charge in [0.25, 0.3) is 0 Å². The second-order valence-electron chi connectivity index (χ2n) is 4.90. The van der Waals surface area contributed by atoms with Gasteiger partial charge in [-0.3, -0.25) is 0 Å². The van der Waals surface area contributed by atoms with Crippen LogP contribution in [0.1, 0.15) is 19.4 Å². The molecule has 1 heterocycles. The number of aryl methyl sites for hydroxylation is 1. The highest BCUT2D eigenvalue weighted by Gasteiger charge is 2.29. The number of hydrogen-bond acceptors (Lipinski definition) is 1. The first kappa shape index (κ1) is 11.0. The minimum Gasteiger partial charge on any atom is -0.371 e. The van der Waals surface area contributed by atoms with Crippen LogP contribution < -0.4 is 4.90 Å². The monoisotopic (exact) mass is 267 g/mol. The third-order valence-corrected chi connectivity index (χ3v) is 3.70. The molecule has 82 valence electrons. The Labute approximate surface area is 101 Å². The highest BCUT2D eigenvalue weighted by molar-refractivity contribution is 9.10. The minimum atomic E-state index is 0.814. The summed E-state index contributed by atoms with van der Waals surface area (Å²) >= 11 is 3.55. The quantitative estimate of drug-likeness (QED) is 0.787. The van der Waals surface area contributed by atoms with E-state index in [9.17, 15) is 0 Å². The third-order valence-electron chi connectivity index (χ3n) is 3.24. The lowest BCUT2D eigenvalue weighted by Gasteiger charge is -2.43. The van der Waals surface area contributed by atoms with Gasteiger partial charge in [-0.15, -0.1) is 0 Å². The average Bonchev–Trinajstić information content (AvgIpc) is 1.97. The topological polar surface area (TPSA) is 3.24 Å². The van der Waals surface area contributed by atoms with Crippen molar-refractivity contribution in [3.8, 4) is 0 Å². The van der Waals surface area contributed by atoms with Crippen molar-refractivity contribution < 1.29 is 0 Å². The van der Waals surface area contributed by atoms with Gasteiger partial charge in [0.05, 0.1) is 0 Å². The Morgan fingerprint density at radius 2 is 1.93 bits per heavy atom. The van der Waals surface area contributed by atoms with Gasteiger partial charge in [0.1, 0.15) is 0 Å². The number of halogens is 1. The lowest BCUT2D eigenvalue weighted by Crippen LogP contribution is -2.49. The van der Waals surface area contributed by atoms with Crippen molar-refractivity contribution in [3.05, 3.63) is 28.2 Å². The van der Waals surface area contributed by atoms with Crippen LogP contribution in [0.3, 0.4) is 0 Å². The van der Waals surface area contributed by atoms with Crippen molar-refractivity contribution in [1.82, 2.24) is 0 Å². The number of nitrogens with zero attached hydrogens (tertiary/aromatic N) is 1. The Hall–Kier alpha value is -0.500. The fraction of sp³-hybridized carbons (Fsp3) is 0.538. The Morgan fingerprint density at radius 1 is 1.27 bits per heavy atom. The summed E-state index contributed by atoms with van der Waals surface area (Å²) in [5, 5.41) is 0. The first-order valence-electron chi connectivity index (χ1n) is 5.58. The van der Waals surface area contributed by atoms with E-state index in [-0.39, 0.29) is 0 Å². The lowest BCUT2D eigenvalue weighted by molar-refractivity contribution is 0.310. The zero-order valence-electron chi connectivity index (χ0n) is 9.63. The molecule has 2 heteroatoms. The van der Waals surface area contributed by atoms with E-state index >= 15 is 0 Å². The second kappa shape index (κ2) is 4.17. The van der Waals surface area contributed by atoms with Crippen LogP contribution in [0.4, 0.5) is 5.69 Å². The molecule has 0 unspecified atom stereocenters. The molecule has 0 aliphatic carbocycles. The average molecular weight is 268 g/mol. The van der Waals surface area contributed by atoms with Gasteiger partial charge >= 0.3 is 0 Å². The highest BCUT2D eigenvalue weighted by Crippen LogP contribution is 2.31. The molecule has 0 radical (unpaired) electrons. The Morgan fingerprint density at radius 3 is 2.47 bits per heavy atom. The van der Waals surface area contributed by atoms with Gasteiger partial charge in [0.2, 0.25) is 0 Å². The summed E-state index contributed by atoms with van der Waals surface area (Å²) < 4.78 is 1.19. The summed E-state index contributed by atoms with van der Waals surface area (Å²) in [5.74, 6) is 1.69. The Balaban J connectivity index is 2.06. The predicted octanol–water partition coefficient (Wildman–Crippen LogP) is 3.85. The van der Waals surface area contributed by atoms with Crippen LogP contribution in [0.15, 0.2) is 22.7 Å². The number of rotatable bonds is 2. The number of benzene rings is 1. The van der Waals surface area contributed by atoms with Crippen LogP contribution in [0, 0.1) is 18.8 Å². The molecule has 0 saturated carbocycles. The molecular weight excluding hydrogens is 250 g/mol. The van der Waals surface area contributed by atoms with Gasteiger partial charge in [0, 0.05) is 23.2 Å². The van der Waals surface area contributed by atoms with Crippen LogP contribution in [0.25, 0.3) is 0 Å². The summed E-state index contributed by atoms with van der Waals surface area (Å²) in [6, 6.07) is 6.63. The lowest BCUT2D eigenvalue weighted by atomic mass is 9.88. The van der Waals surface area contributed by atoms with E-state index in [0.29, 0.717) is 0 Å². The molecule has 0 spiro atoms. The molecule has 0 amide bonds. The maximum absolute atomic E-state index is 3.55. The van der Waals surface area contributed by atoms with Crippen LogP contribution >= 0.6 is 15.9 Å². The summed E-state index contributed by atoms with van der Waals surface area (Å²) in [6.07, 6.45) is 0. The fourth-order valence-corrected chi connectivity index (χ4v) is 2.64. The molecule has 1 aromatic rings. The van der Waals surface area contributed by atoms with Gasteiger partial charge in [-0.1, -0.05) is 29.8 Å². The van der Waals surface area contributed by atoms with Crippen molar-refractivity contribution in [1.29, 1.82) is 0 Å². The Bertz CT molecular complexity index is 333. The number of hydrogen-bond donors (Lipinski definition) is 0. The van der Waals surface area contributed by atoms with E-state index in [1.165, 1.54) is 28.8 Å². The summed E-state index contributed by atoms with van der Waals surface area (Å²) in [5.41, 5.74) is 2.69. The van der Waals surface area contributed by atoms with Gasteiger partial charge < -0.3 is 4.90 Å². The molecule has 15 heavy (non-hydrogen) atoms. The van der Waals surface area contributed by atoms with Crippen LogP contribution in [0.2, 0.25) is 0 Å². The summed E-state index contributed by atoms with van der Waals surface area (Å²) in [7, 11) is 0. The molecule has 0 aromatic heterocycles.